The van der Waals surface area contributed by atoms with Crippen LogP contribution in [-0.4, -0.2) is 34.3 Å². The summed E-state index contributed by atoms with van der Waals surface area (Å²) in [5, 5.41) is 13.2. The Balaban J connectivity index is 2.26. The molecular formula is C11H14N4O4S2. The molecule has 21 heavy (non-hydrogen) atoms. The van der Waals surface area contributed by atoms with Gasteiger partial charge in [0.15, 0.2) is 5.03 Å². The second-order valence-corrected chi connectivity index (χ2v) is 7.16. The summed E-state index contributed by atoms with van der Waals surface area (Å²) in [5.74, 6) is -1.09. The van der Waals surface area contributed by atoms with Crippen LogP contribution in [0.3, 0.4) is 0 Å². The highest BCUT2D eigenvalue weighted by Crippen LogP contribution is 2.22. The topological polar surface area (TPSA) is 114 Å². The maximum Gasteiger partial charge on any atom is 0.347 e. The van der Waals surface area contributed by atoms with Crippen LogP contribution in [-0.2, 0) is 17.1 Å². The molecule has 2 aromatic rings. The minimum Gasteiger partial charge on any atom is -0.477 e. The Morgan fingerprint density at radius 1 is 1.48 bits per heavy atom. The average Bonchev–Trinajstić information content (AvgIpc) is 2.96. The first-order chi connectivity index (χ1) is 9.72. The summed E-state index contributed by atoms with van der Waals surface area (Å²) in [6, 6.07) is -0.637. The average molecular weight is 330 g/mol. The van der Waals surface area contributed by atoms with E-state index in [1.807, 2.05) is 0 Å². The van der Waals surface area contributed by atoms with E-state index in [0.29, 0.717) is 10.6 Å². The zero-order valence-electron chi connectivity index (χ0n) is 11.6. The molecule has 114 valence electrons. The van der Waals surface area contributed by atoms with E-state index >= 15 is 0 Å². The molecule has 2 aromatic heterocycles. The van der Waals surface area contributed by atoms with Gasteiger partial charge in [0.05, 0.1) is 18.4 Å². The van der Waals surface area contributed by atoms with Crippen molar-refractivity contribution in [1.29, 1.82) is 0 Å². The van der Waals surface area contributed by atoms with E-state index in [-0.39, 0.29) is 9.90 Å². The first-order valence-corrected chi connectivity index (χ1v) is 8.22. The zero-order chi connectivity index (χ0) is 15.8. The number of thiazole rings is 1. The van der Waals surface area contributed by atoms with Gasteiger partial charge in [-0.1, -0.05) is 0 Å². The standard InChI is InChI=1S/C11H14N4O4S2/c1-6-4-13-15(3)10(6)21(18,19)14-7(2)9-12-5-8(20-9)11(16)17/h4-5,7,14H,1-3H3,(H,16,17). The fourth-order valence-electron chi connectivity index (χ4n) is 1.85. The quantitative estimate of drug-likeness (QED) is 0.842. The SMILES string of the molecule is Cc1cnn(C)c1S(=O)(=O)NC(C)c1ncc(C(=O)O)s1. The number of sulfonamides is 1. The van der Waals surface area contributed by atoms with Gasteiger partial charge < -0.3 is 5.11 Å². The Kier molecular flexibility index (Phi) is 4.12. The third-order valence-corrected chi connectivity index (χ3v) is 5.67. The van der Waals surface area contributed by atoms with Gasteiger partial charge in [-0.05, 0) is 13.8 Å². The third-order valence-electron chi connectivity index (χ3n) is 2.75. The van der Waals surface area contributed by atoms with Crippen molar-refractivity contribution in [2.75, 3.05) is 0 Å². The Hall–Kier alpha value is -1.78. The van der Waals surface area contributed by atoms with E-state index in [0.717, 1.165) is 11.3 Å². The Labute approximate surface area is 125 Å². The molecule has 0 bridgehead atoms. The van der Waals surface area contributed by atoms with Crippen molar-refractivity contribution in [1.82, 2.24) is 19.5 Å². The molecule has 0 amide bonds. The second-order valence-electron chi connectivity index (χ2n) is 4.47. The lowest BCUT2D eigenvalue weighted by Gasteiger charge is -2.12. The second kappa shape index (κ2) is 5.54. The van der Waals surface area contributed by atoms with Crippen molar-refractivity contribution in [3.63, 3.8) is 0 Å². The van der Waals surface area contributed by atoms with Crippen LogP contribution in [0.2, 0.25) is 0 Å². The molecule has 2 heterocycles. The highest BCUT2D eigenvalue weighted by Gasteiger charge is 2.25. The van der Waals surface area contributed by atoms with Gasteiger partial charge in [-0.3, -0.25) is 4.68 Å². The molecule has 1 atom stereocenters. The molecular weight excluding hydrogens is 316 g/mol. The number of rotatable bonds is 5. The molecule has 1 unspecified atom stereocenters. The molecule has 0 aliphatic rings. The van der Waals surface area contributed by atoms with Gasteiger partial charge >= 0.3 is 5.97 Å². The number of aromatic carboxylic acids is 1. The van der Waals surface area contributed by atoms with Crippen LogP contribution in [0.1, 0.15) is 33.2 Å². The molecule has 0 spiro atoms. The molecule has 8 nitrogen and oxygen atoms in total. The number of aromatic nitrogens is 3. The van der Waals surface area contributed by atoms with E-state index in [9.17, 15) is 13.2 Å². The minimum absolute atomic E-state index is 0.0627. The van der Waals surface area contributed by atoms with Crippen LogP contribution < -0.4 is 4.72 Å². The summed E-state index contributed by atoms with van der Waals surface area (Å²) >= 11 is 0.935. The van der Waals surface area contributed by atoms with Crippen molar-refractivity contribution in [3.8, 4) is 0 Å². The lowest BCUT2D eigenvalue weighted by Crippen LogP contribution is -2.29. The Morgan fingerprint density at radius 2 is 2.14 bits per heavy atom. The molecule has 0 fully saturated rings. The number of nitrogens with one attached hydrogen (secondary N) is 1. The molecule has 0 aromatic carbocycles. The molecule has 0 aliphatic carbocycles. The normalized spacial score (nSPS) is 13.3. The molecule has 0 aliphatic heterocycles. The van der Waals surface area contributed by atoms with Crippen molar-refractivity contribution >= 4 is 27.3 Å². The van der Waals surface area contributed by atoms with Gasteiger partial charge in [0.1, 0.15) is 9.88 Å². The number of hydrogen-bond donors (Lipinski definition) is 2. The molecule has 10 heteroatoms. The van der Waals surface area contributed by atoms with E-state index in [4.69, 9.17) is 5.11 Å². The van der Waals surface area contributed by atoms with Gasteiger partial charge in [0.2, 0.25) is 0 Å². The summed E-state index contributed by atoms with van der Waals surface area (Å²) < 4.78 is 28.4. The van der Waals surface area contributed by atoms with E-state index in [1.54, 1.807) is 13.8 Å². The van der Waals surface area contributed by atoms with Gasteiger partial charge in [0.25, 0.3) is 10.0 Å². The summed E-state index contributed by atoms with van der Waals surface area (Å²) in [6.07, 6.45) is 2.67. The van der Waals surface area contributed by atoms with Crippen LogP contribution in [0, 0.1) is 6.92 Å². The largest absolute Gasteiger partial charge is 0.477 e. The van der Waals surface area contributed by atoms with E-state index < -0.39 is 22.0 Å². The predicted octanol–water partition coefficient (Wildman–Crippen LogP) is 0.923. The van der Waals surface area contributed by atoms with Crippen LogP contribution in [0.15, 0.2) is 17.4 Å². The lowest BCUT2D eigenvalue weighted by atomic mass is 10.4. The summed E-state index contributed by atoms with van der Waals surface area (Å²) in [4.78, 5) is 14.8. The highest BCUT2D eigenvalue weighted by molar-refractivity contribution is 7.89. The Bertz CT molecular complexity index is 758. The van der Waals surface area contributed by atoms with Crippen molar-refractivity contribution < 1.29 is 18.3 Å². The van der Waals surface area contributed by atoms with Crippen LogP contribution in [0.5, 0.6) is 0 Å². The number of hydrogen-bond acceptors (Lipinski definition) is 6. The molecule has 0 saturated carbocycles. The zero-order valence-corrected chi connectivity index (χ0v) is 13.2. The summed E-state index contributed by atoms with van der Waals surface area (Å²) in [7, 11) is -2.23. The maximum absolute atomic E-state index is 12.3. The fourth-order valence-corrected chi connectivity index (χ4v) is 4.24. The molecule has 2 N–H and O–H groups in total. The maximum atomic E-state index is 12.3. The molecule has 2 rings (SSSR count). The first kappa shape index (κ1) is 15.6. The monoisotopic (exact) mass is 330 g/mol. The number of carbonyl (C=O) groups is 1. The molecule has 0 radical (unpaired) electrons. The van der Waals surface area contributed by atoms with Crippen molar-refractivity contribution in [2.45, 2.75) is 24.9 Å². The smallest absolute Gasteiger partial charge is 0.347 e. The fraction of sp³-hybridized carbons (Fsp3) is 0.364. The van der Waals surface area contributed by atoms with Crippen LogP contribution >= 0.6 is 11.3 Å². The van der Waals surface area contributed by atoms with E-state index in [2.05, 4.69) is 14.8 Å². The minimum atomic E-state index is -3.77. The van der Waals surface area contributed by atoms with Gasteiger partial charge in [-0.2, -0.15) is 5.10 Å². The molecule has 0 saturated heterocycles. The summed E-state index contributed by atoms with van der Waals surface area (Å²) in [6.45, 7) is 3.26. The van der Waals surface area contributed by atoms with Gasteiger partial charge in [0, 0.05) is 12.6 Å². The predicted molar refractivity (Wildman–Crippen MR) is 75.8 cm³/mol. The highest BCUT2D eigenvalue weighted by atomic mass is 32.2. The lowest BCUT2D eigenvalue weighted by molar-refractivity contribution is 0.0702. The third kappa shape index (κ3) is 3.12. The van der Waals surface area contributed by atoms with Crippen LogP contribution in [0.4, 0.5) is 0 Å². The first-order valence-electron chi connectivity index (χ1n) is 5.92. The van der Waals surface area contributed by atoms with Crippen molar-refractivity contribution in [2.24, 2.45) is 7.05 Å². The summed E-state index contributed by atoms with van der Waals surface area (Å²) in [5.41, 5.74) is 0.530. The number of aryl methyl sites for hydroxylation is 2. The number of carboxylic acids is 1. The van der Waals surface area contributed by atoms with Gasteiger partial charge in [-0.15, -0.1) is 11.3 Å². The van der Waals surface area contributed by atoms with Gasteiger partial charge in [-0.25, -0.2) is 22.9 Å². The Morgan fingerprint density at radius 3 is 2.62 bits per heavy atom. The van der Waals surface area contributed by atoms with Crippen LogP contribution in [0.25, 0.3) is 0 Å². The number of nitrogens with zero attached hydrogens (tertiary/aromatic N) is 3. The van der Waals surface area contributed by atoms with E-state index in [1.165, 1.54) is 24.1 Å². The number of carboxylic acid groups (broad SMARTS) is 1. The van der Waals surface area contributed by atoms with Crippen molar-refractivity contribution in [3.05, 3.63) is 27.8 Å².